The van der Waals surface area contributed by atoms with Gasteiger partial charge in [0.15, 0.2) is 0 Å². The van der Waals surface area contributed by atoms with Crippen molar-refractivity contribution in [1.29, 1.82) is 0 Å². The summed E-state index contributed by atoms with van der Waals surface area (Å²) in [5.74, 6) is -0.268. The number of ether oxygens (including phenoxy) is 2. The van der Waals surface area contributed by atoms with E-state index in [1.165, 1.54) is 46.1 Å². The average Bonchev–Trinajstić information content (AvgIpc) is 3.19. The summed E-state index contributed by atoms with van der Waals surface area (Å²) in [7, 11) is 0. The number of pyridine rings is 1. The maximum Gasteiger partial charge on any atom is 0.312 e. The molecule has 0 fully saturated rings. The highest BCUT2D eigenvalue weighted by molar-refractivity contribution is 7.09. The van der Waals surface area contributed by atoms with E-state index >= 15 is 0 Å². The third-order valence-electron chi connectivity index (χ3n) is 4.36. The minimum Gasteiger partial charge on any atom is -0.486 e. The molecule has 9 heteroatoms. The van der Waals surface area contributed by atoms with Gasteiger partial charge in [-0.2, -0.15) is 0 Å². The number of fused-ring (bicyclic) bond motifs is 1. The molecule has 1 aromatic carbocycles. The fraction of sp³-hybridized carbons (Fsp3) is 0.182. The van der Waals surface area contributed by atoms with Crippen molar-refractivity contribution < 1.29 is 18.7 Å². The van der Waals surface area contributed by atoms with Gasteiger partial charge in [-0.3, -0.25) is 14.0 Å². The number of thiazole rings is 1. The van der Waals surface area contributed by atoms with Gasteiger partial charge in [-0.25, -0.2) is 14.4 Å². The van der Waals surface area contributed by atoms with E-state index < -0.39 is 5.97 Å². The van der Waals surface area contributed by atoms with Crippen molar-refractivity contribution >= 4 is 23.0 Å². The Hall–Kier alpha value is -3.59. The van der Waals surface area contributed by atoms with Crippen LogP contribution in [0.15, 0.2) is 58.8 Å². The lowest BCUT2D eigenvalue weighted by Gasteiger charge is -2.06. The molecular weight excluding hydrogens is 421 g/mol. The molecule has 158 valence electrons. The van der Waals surface area contributed by atoms with E-state index in [9.17, 15) is 14.0 Å². The number of aryl methyl sites for hydroxylation is 1. The fourth-order valence-corrected chi connectivity index (χ4v) is 3.56. The van der Waals surface area contributed by atoms with Gasteiger partial charge in [0.25, 0.3) is 5.56 Å². The van der Waals surface area contributed by atoms with E-state index in [1.807, 2.05) is 13.0 Å². The number of rotatable bonds is 7. The SMILES string of the molecule is Cc1ccn2c(=O)cc(COC(=O)Cc3csc(COc4ccc(F)cc4)n3)nc2c1. The monoisotopic (exact) mass is 439 g/mol. The van der Waals surface area contributed by atoms with Crippen molar-refractivity contribution in [1.82, 2.24) is 14.4 Å². The Morgan fingerprint density at radius 2 is 1.90 bits per heavy atom. The molecule has 0 saturated carbocycles. The Bertz CT molecular complexity index is 1280. The predicted octanol–water partition coefficient (Wildman–Crippen LogP) is 3.46. The Kier molecular flexibility index (Phi) is 6.03. The molecule has 0 atom stereocenters. The summed E-state index contributed by atoms with van der Waals surface area (Å²) >= 11 is 1.36. The van der Waals surface area contributed by atoms with E-state index in [1.54, 1.807) is 17.6 Å². The van der Waals surface area contributed by atoms with Gasteiger partial charge >= 0.3 is 5.97 Å². The van der Waals surface area contributed by atoms with Crippen molar-refractivity contribution in [2.75, 3.05) is 0 Å². The third kappa shape index (κ3) is 5.32. The number of carbonyl (C=O) groups excluding carboxylic acids is 1. The molecule has 0 aliphatic carbocycles. The molecule has 4 rings (SSSR count). The third-order valence-corrected chi connectivity index (χ3v) is 5.23. The van der Waals surface area contributed by atoms with Crippen molar-refractivity contribution in [3.63, 3.8) is 0 Å². The first-order chi connectivity index (χ1) is 15.0. The van der Waals surface area contributed by atoms with Crippen LogP contribution < -0.4 is 10.3 Å². The number of esters is 1. The minimum atomic E-state index is -0.470. The molecule has 31 heavy (non-hydrogen) atoms. The number of halogens is 1. The van der Waals surface area contributed by atoms with Gasteiger partial charge in [0.1, 0.15) is 35.4 Å². The van der Waals surface area contributed by atoms with E-state index in [0.29, 0.717) is 27.8 Å². The first-order valence-corrected chi connectivity index (χ1v) is 10.3. The Balaban J connectivity index is 1.31. The van der Waals surface area contributed by atoms with Crippen LogP contribution in [0.4, 0.5) is 4.39 Å². The Morgan fingerprint density at radius 1 is 1.10 bits per heavy atom. The van der Waals surface area contributed by atoms with Crippen LogP contribution >= 0.6 is 11.3 Å². The van der Waals surface area contributed by atoms with Crippen LogP contribution in [0.3, 0.4) is 0 Å². The zero-order valence-corrected chi connectivity index (χ0v) is 17.4. The lowest BCUT2D eigenvalue weighted by molar-refractivity contribution is -0.144. The van der Waals surface area contributed by atoms with Gasteiger partial charge in [0, 0.05) is 17.6 Å². The Labute approximate surface area is 180 Å². The number of carbonyl (C=O) groups is 1. The summed E-state index contributed by atoms with van der Waals surface area (Å²) < 4.78 is 25.2. The lowest BCUT2D eigenvalue weighted by atomic mass is 10.3. The number of hydrogen-bond acceptors (Lipinski definition) is 7. The van der Waals surface area contributed by atoms with Crippen LogP contribution in [0.2, 0.25) is 0 Å². The van der Waals surface area contributed by atoms with Crippen molar-refractivity contribution in [3.05, 3.63) is 92.2 Å². The largest absolute Gasteiger partial charge is 0.486 e. The summed E-state index contributed by atoms with van der Waals surface area (Å²) in [5.41, 5.74) is 2.19. The Morgan fingerprint density at radius 3 is 2.71 bits per heavy atom. The van der Waals surface area contributed by atoms with Gasteiger partial charge in [-0.15, -0.1) is 11.3 Å². The summed E-state index contributed by atoms with van der Waals surface area (Å²) in [6.45, 7) is 2.03. The molecular formula is C22H18FN3O4S. The molecule has 0 N–H and O–H groups in total. The van der Waals surface area contributed by atoms with Crippen LogP contribution in [0.25, 0.3) is 5.65 Å². The van der Waals surface area contributed by atoms with Gasteiger partial charge in [-0.1, -0.05) is 0 Å². The van der Waals surface area contributed by atoms with Crippen molar-refractivity contribution in [2.24, 2.45) is 0 Å². The van der Waals surface area contributed by atoms with Crippen LogP contribution in [0.1, 0.15) is 22.0 Å². The second-order valence-corrected chi connectivity index (χ2v) is 7.77. The standard InChI is InChI=1S/C22H18FN3O4S/c1-14-6-7-26-19(8-14)24-16(9-21(26)27)11-30-22(28)10-17-13-31-20(25-17)12-29-18-4-2-15(23)3-5-18/h2-9,13H,10-12H2,1H3. The summed E-state index contributed by atoms with van der Waals surface area (Å²) in [6.07, 6.45) is 1.66. The summed E-state index contributed by atoms with van der Waals surface area (Å²) in [4.78, 5) is 33.1. The zero-order chi connectivity index (χ0) is 21.8. The molecule has 0 amide bonds. The quantitative estimate of drug-likeness (QED) is 0.410. The number of nitrogens with zero attached hydrogens (tertiary/aromatic N) is 3. The molecule has 0 bridgehead atoms. The van der Waals surface area contributed by atoms with E-state index in [0.717, 1.165) is 5.56 Å². The molecule has 3 heterocycles. The first kappa shape index (κ1) is 20.7. The smallest absolute Gasteiger partial charge is 0.312 e. The van der Waals surface area contributed by atoms with Gasteiger partial charge in [0.2, 0.25) is 0 Å². The average molecular weight is 439 g/mol. The van der Waals surface area contributed by atoms with Crippen LogP contribution in [-0.4, -0.2) is 20.3 Å². The highest BCUT2D eigenvalue weighted by Crippen LogP contribution is 2.16. The highest BCUT2D eigenvalue weighted by atomic mass is 32.1. The molecule has 0 saturated heterocycles. The second-order valence-electron chi connectivity index (χ2n) is 6.83. The van der Waals surface area contributed by atoms with Crippen molar-refractivity contribution in [2.45, 2.75) is 26.6 Å². The van der Waals surface area contributed by atoms with Crippen LogP contribution in [0, 0.1) is 12.7 Å². The number of aromatic nitrogens is 3. The van der Waals surface area contributed by atoms with E-state index in [4.69, 9.17) is 9.47 Å². The number of hydrogen-bond donors (Lipinski definition) is 0. The highest BCUT2D eigenvalue weighted by Gasteiger charge is 2.11. The molecule has 4 aromatic rings. The van der Waals surface area contributed by atoms with E-state index in [2.05, 4.69) is 9.97 Å². The van der Waals surface area contributed by atoms with Gasteiger partial charge in [-0.05, 0) is 48.9 Å². The van der Waals surface area contributed by atoms with Gasteiger partial charge < -0.3 is 9.47 Å². The van der Waals surface area contributed by atoms with Gasteiger partial charge in [0.05, 0.1) is 17.8 Å². The molecule has 7 nitrogen and oxygen atoms in total. The van der Waals surface area contributed by atoms with E-state index in [-0.39, 0.29) is 31.0 Å². The van der Waals surface area contributed by atoms with Crippen LogP contribution in [-0.2, 0) is 29.2 Å². The second kappa shape index (κ2) is 9.05. The molecule has 0 aliphatic heterocycles. The van der Waals surface area contributed by atoms with Crippen molar-refractivity contribution in [3.8, 4) is 5.75 Å². The summed E-state index contributed by atoms with van der Waals surface area (Å²) in [5, 5.41) is 2.44. The topological polar surface area (TPSA) is 82.8 Å². The lowest BCUT2D eigenvalue weighted by Crippen LogP contribution is -2.17. The molecule has 0 radical (unpaired) electrons. The fourth-order valence-electron chi connectivity index (χ4n) is 2.85. The maximum atomic E-state index is 12.9. The molecule has 3 aromatic heterocycles. The zero-order valence-electron chi connectivity index (χ0n) is 16.6. The minimum absolute atomic E-state index is 0.00127. The first-order valence-electron chi connectivity index (χ1n) is 9.42. The summed E-state index contributed by atoms with van der Waals surface area (Å²) in [6, 6.07) is 10.7. The van der Waals surface area contributed by atoms with Crippen LogP contribution in [0.5, 0.6) is 5.75 Å². The number of benzene rings is 1. The maximum absolute atomic E-state index is 12.9. The molecule has 0 spiro atoms. The molecule has 0 unspecified atom stereocenters. The normalized spacial score (nSPS) is 10.9. The molecule has 0 aliphatic rings. The predicted molar refractivity (Wildman–Crippen MR) is 113 cm³/mol.